The Morgan fingerprint density at radius 1 is 1.35 bits per heavy atom. The van der Waals surface area contributed by atoms with E-state index in [9.17, 15) is 4.79 Å². The molecule has 0 saturated carbocycles. The van der Waals surface area contributed by atoms with Crippen LogP contribution in [0.15, 0.2) is 30.5 Å². The molecule has 0 aliphatic carbocycles. The molecule has 17 heavy (non-hydrogen) atoms. The number of nitrogens with zero attached hydrogens (tertiary/aromatic N) is 1. The first kappa shape index (κ1) is 11.9. The highest BCUT2D eigenvalue weighted by Gasteiger charge is 2.13. The summed E-state index contributed by atoms with van der Waals surface area (Å²) in [5.41, 5.74) is 1.82. The smallest absolute Gasteiger partial charge is 0.178 e. The zero-order chi connectivity index (χ0) is 12.3. The van der Waals surface area contributed by atoms with Crippen molar-refractivity contribution < 1.29 is 4.79 Å². The van der Waals surface area contributed by atoms with Crippen LogP contribution < -0.4 is 0 Å². The van der Waals surface area contributed by atoms with Crippen LogP contribution in [0.2, 0.25) is 0 Å². The molecule has 0 bridgehead atoms. The number of likely N-dealkylation sites (N-methyl/N-ethyl adjacent to an activating group) is 1. The van der Waals surface area contributed by atoms with Crippen LogP contribution >= 0.6 is 0 Å². The number of aromatic amines is 1. The lowest BCUT2D eigenvalue weighted by molar-refractivity contribution is 0.0948. The SMILES string of the molecule is CCCN(C)CC(=O)c1c[nH]c2ccccc12. The van der Waals surface area contributed by atoms with Crippen molar-refractivity contribution in [3.8, 4) is 0 Å². The van der Waals surface area contributed by atoms with Crippen LogP contribution in [0.3, 0.4) is 0 Å². The number of aromatic nitrogens is 1. The van der Waals surface area contributed by atoms with Gasteiger partial charge in [0.15, 0.2) is 5.78 Å². The molecule has 1 heterocycles. The van der Waals surface area contributed by atoms with Gasteiger partial charge < -0.3 is 4.98 Å². The Hall–Kier alpha value is -1.61. The summed E-state index contributed by atoms with van der Waals surface area (Å²) < 4.78 is 0. The molecule has 0 radical (unpaired) electrons. The van der Waals surface area contributed by atoms with Crippen molar-refractivity contribution in [1.29, 1.82) is 0 Å². The van der Waals surface area contributed by atoms with Gasteiger partial charge in [-0.05, 0) is 26.1 Å². The Balaban J connectivity index is 2.19. The van der Waals surface area contributed by atoms with Crippen LogP contribution in [0.1, 0.15) is 23.7 Å². The Bertz CT molecular complexity index is 516. The monoisotopic (exact) mass is 230 g/mol. The summed E-state index contributed by atoms with van der Waals surface area (Å²) in [6.07, 6.45) is 2.88. The fraction of sp³-hybridized carbons (Fsp3) is 0.357. The molecular formula is C14H18N2O. The molecule has 0 unspecified atom stereocenters. The maximum absolute atomic E-state index is 12.1. The summed E-state index contributed by atoms with van der Waals surface area (Å²) in [4.78, 5) is 17.3. The fourth-order valence-corrected chi connectivity index (χ4v) is 2.09. The molecule has 1 aromatic heterocycles. The second kappa shape index (κ2) is 5.15. The first-order valence-corrected chi connectivity index (χ1v) is 6.00. The summed E-state index contributed by atoms with van der Waals surface area (Å²) in [6, 6.07) is 7.90. The molecule has 0 aliphatic heterocycles. The molecular weight excluding hydrogens is 212 g/mol. The Morgan fingerprint density at radius 2 is 2.12 bits per heavy atom. The predicted octanol–water partition coefficient (Wildman–Crippen LogP) is 2.69. The summed E-state index contributed by atoms with van der Waals surface area (Å²) in [5.74, 6) is 0.179. The molecule has 1 aromatic carbocycles. The molecule has 2 rings (SSSR count). The van der Waals surface area contributed by atoms with Gasteiger partial charge >= 0.3 is 0 Å². The Kier molecular flexibility index (Phi) is 3.59. The van der Waals surface area contributed by atoms with Gasteiger partial charge in [0, 0.05) is 22.7 Å². The Labute approximate surface area is 101 Å². The van der Waals surface area contributed by atoms with Crippen molar-refractivity contribution in [2.24, 2.45) is 0 Å². The number of H-pyrrole nitrogens is 1. The number of para-hydroxylation sites is 1. The average molecular weight is 230 g/mol. The number of hydrogen-bond donors (Lipinski definition) is 1. The maximum atomic E-state index is 12.1. The van der Waals surface area contributed by atoms with Crippen LogP contribution in [-0.4, -0.2) is 35.8 Å². The number of fused-ring (bicyclic) bond motifs is 1. The maximum Gasteiger partial charge on any atom is 0.178 e. The van der Waals surface area contributed by atoms with Crippen LogP contribution in [0, 0.1) is 0 Å². The van der Waals surface area contributed by atoms with Crippen molar-refractivity contribution in [3.05, 3.63) is 36.0 Å². The third-order valence-corrected chi connectivity index (χ3v) is 2.91. The number of Topliss-reactive ketones (excluding diaryl/α,β-unsaturated/α-hetero) is 1. The highest BCUT2D eigenvalue weighted by molar-refractivity contribution is 6.08. The molecule has 0 fully saturated rings. The van der Waals surface area contributed by atoms with E-state index in [2.05, 4.69) is 16.8 Å². The number of carbonyl (C=O) groups is 1. The topological polar surface area (TPSA) is 36.1 Å². The van der Waals surface area contributed by atoms with Crippen molar-refractivity contribution in [2.45, 2.75) is 13.3 Å². The Morgan fingerprint density at radius 3 is 2.88 bits per heavy atom. The third-order valence-electron chi connectivity index (χ3n) is 2.91. The van der Waals surface area contributed by atoms with E-state index in [1.165, 1.54) is 0 Å². The number of carbonyl (C=O) groups excluding carboxylic acids is 1. The molecule has 3 nitrogen and oxygen atoms in total. The van der Waals surface area contributed by atoms with Gasteiger partial charge in [0.05, 0.1) is 6.54 Å². The predicted molar refractivity (Wildman–Crippen MR) is 70.4 cm³/mol. The summed E-state index contributed by atoms with van der Waals surface area (Å²) >= 11 is 0. The normalized spacial score (nSPS) is 11.2. The second-order valence-corrected chi connectivity index (χ2v) is 4.41. The van der Waals surface area contributed by atoms with Crippen LogP contribution in [-0.2, 0) is 0 Å². The van der Waals surface area contributed by atoms with Crippen molar-refractivity contribution in [1.82, 2.24) is 9.88 Å². The van der Waals surface area contributed by atoms with Crippen LogP contribution in [0.25, 0.3) is 10.9 Å². The van der Waals surface area contributed by atoms with Gasteiger partial charge in [0.1, 0.15) is 0 Å². The molecule has 2 aromatic rings. The van der Waals surface area contributed by atoms with Crippen LogP contribution in [0.5, 0.6) is 0 Å². The lowest BCUT2D eigenvalue weighted by Crippen LogP contribution is -2.26. The van der Waals surface area contributed by atoms with Crippen molar-refractivity contribution in [3.63, 3.8) is 0 Å². The van der Waals surface area contributed by atoms with Gasteiger partial charge in [-0.25, -0.2) is 0 Å². The first-order chi connectivity index (χ1) is 8.22. The van der Waals surface area contributed by atoms with E-state index in [1.54, 1.807) is 0 Å². The van der Waals surface area contributed by atoms with Crippen molar-refractivity contribution in [2.75, 3.05) is 20.1 Å². The first-order valence-electron chi connectivity index (χ1n) is 6.00. The summed E-state index contributed by atoms with van der Waals surface area (Å²) in [6.45, 7) is 3.55. The van der Waals surface area contributed by atoms with E-state index in [1.807, 2.05) is 37.5 Å². The molecule has 1 N–H and O–H groups in total. The highest BCUT2D eigenvalue weighted by atomic mass is 16.1. The molecule has 90 valence electrons. The number of nitrogens with one attached hydrogen (secondary N) is 1. The second-order valence-electron chi connectivity index (χ2n) is 4.41. The van der Waals surface area contributed by atoms with Gasteiger partial charge in [-0.1, -0.05) is 25.1 Å². The number of hydrogen-bond acceptors (Lipinski definition) is 2. The number of ketones is 1. The van der Waals surface area contributed by atoms with E-state index in [0.717, 1.165) is 29.4 Å². The lowest BCUT2D eigenvalue weighted by Gasteiger charge is -2.13. The van der Waals surface area contributed by atoms with E-state index in [4.69, 9.17) is 0 Å². The third kappa shape index (κ3) is 2.56. The standard InChI is InChI=1S/C14H18N2O/c1-3-8-16(2)10-14(17)12-9-15-13-7-5-4-6-11(12)13/h4-7,9,15H,3,8,10H2,1-2H3. The molecule has 0 spiro atoms. The quantitative estimate of drug-likeness (QED) is 0.802. The zero-order valence-electron chi connectivity index (χ0n) is 10.4. The van der Waals surface area contributed by atoms with Crippen molar-refractivity contribution >= 4 is 16.7 Å². The minimum absolute atomic E-state index is 0.179. The molecule has 0 aliphatic rings. The zero-order valence-corrected chi connectivity index (χ0v) is 10.4. The lowest BCUT2D eigenvalue weighted by atomic mass is 10.1. The summed E-state index contributed by atoms with van der Waals surface area (Å²) in [5, 5.41) is 1.02. The van der Waals surface area contributed by atoms with Gasteiger partial charge in [0.25, 0.3) is 0 Å². The van der Waals surface area contributed by atoms with Gasteiger partial charge in [0.2, 0.25) is 0 Å². The van der Waals surface area contributed by atoms with Crippen LogP contribution in [0.4, 0.5) is 0 Å². The molecule has 0 amide bonds. The van der Waals surface area contributed by atoms with Gasteiger partial charge in [-0.3, -0.25) is 9.69 Å². The highest BCUT2D eigenvalue weighted by Crippen LogP contribution is 2.18. The summed E-state index contributed by atoms with van der Waals surface area (Å²) in [7, 11) is 1.98. The largest absolute Gasteiger partial charge is 0.360 e. The minimum atomic E-state index is 0.179. The molecule has 0 saturated heterocycles. The minimum Gasteiger partial charge on any atom is -0.360 e. The fourth-order valence-electron chi connectivity index (χ4n) is 2.09. The van der Waals surface area contributed by atoms with E-state index >= 15 is 0 Å². The van der Waals surface area contributed by atoms with Gasteiger partial charge in [-0.15, -0.1) is 0 Å². The average Bonchev–Trinajstić information content (AvgIpc) is 2.72. The van der Waals surface area contributed by atoms with Gasteiger partial charge in [-0.2, -0.15) is 0 Å². The molecule has 0 atom stereocenters. The molecule has 3 heteroatoms. The number of benzene rings is 1. The van der Waals surface area contributed by atoms with E-state index in [-0.39, 0.29) is 5.78 Å². The van der Waals surface area contributed by atoms with E-state index in [0.29, 0.717) is 6.54 Å². The van der Waals surface area contributed by atoms with E-state index < -0.39 is 0 Å². The number of rotatable bonds is 5.